The van der Waals surface area contributed by atoms with Crippen LogP contribution in [0.2, 0.25) is 10.0 Å². The summed E-state index contributed by atoms with van der Waals surface area (Å²) in [5.74, 6) is -0.425. The summed E-state index contributed by atoms with van der Waals surface area (Å²) in [4.78, 5) is 28.5. The number of carbonyl (C=O) groups is 2. The zero-order valence-electron chi connectivity index (χ0n) is 22.5. The largest absolute Gasteiger partial charge is 0.493 e. The molecule has 2 atom stereocenters. The van der Waals surface area contributed by atoms with E-state index in [9.17, 15) is 18.0 Å². The molecule has 2 aliphatic heterocycles. The van der Waals surface area contributed by atoms with Crippen LogP contribution in [0.25, 0.3) is 0 Å². The Labute approximate surface area is 249 Å². The molecule has 2 fully saturated rings. The molecule has 41 heavy (non-hydrogen) atoms. The number of nitrogens with one attached hydrogen (secondary N) is 3. The SMILES string of the molecule is CCOc1cc(S(C)(=O)=O)ccc1C1(C(=O)N2CCNC(=O)C2)NC(c2ccc(Cl)cc2)C(c2ccc(Cl)cc2)N1. The molecule has 12 heteroatoms. The van der Waals surface area contributed by atoms with Crippen molar-refractivity contribution in [1.29, 1.82) is 0 Å². The topological polar surface area (TPSA) is 117 Å². The van der Waals surface area contributed by atoms with Crippen LogP contribution in [-0.2, 0) is 25.1 Å². The van der Waals surface area contributed by atoms with Crippen molar-refractivity contribution in [3.8, 4) is 5.75 Å². The molecular formula is C29H30Cl2N4O5S. The van der Waals surface area contributed by atoms with Crippen molar-refractivity contribution in [3.05, 3.63) is 93.5 Å². The molecule has 2 heterocycles. The van der Waals surface area contributed by atoms with E-state index in [0.717, 1.165) is 17.4 Å². The van der Waals surface area contributed by atoms with E-state index in [1.54, 1.807) is 37.3 Å². The molecule has 0 aromatic heterocycles. The molecular weight excluding hydrogens is 587 g/mol. The van der Waals surface area contributed by atoms with Crippen molar-refractivity contribution in [3.63, 3.8) is 0 Å². The summed E-state index contributed by atoms with van der Waals surface area (Å²) < 4.78 is 30.8. The minimum atomic E-state index is -3.56. The number of amides is 2. The Hall–Kier alpha value is -3.15. The van der Waals surface area contributed by atoms with Crippen LogP contribution >= 0.6 is 23.2 Å². The van der Waals surface area contributed by atoms with Gasteiger partial charge in [-0.25, -0.2) is 8.42 Å². The molecule has 0 bridgehead atoms. The summed E-state index contributed by atoms with van der Waals surface area (Å²) in [5, 5.41) is 11.0. The van der Waals surface area contributed by atoms with E-state index in [1.807, 2.05) is 24.3 Å². The Bertz CT molecular complexity index is 1510. The number of piperazine rings is 1. The molecule has 3 aromatic carbocycles. The van der Waals surface area contributed by atoms with Crippen molar-refractivity contribution in [1.82, 2.24) is 20.9 Å². The summed E-state index contributed by atoms with van der Waals surface area (Å²) in [6.07, 6.45) is 1.12. The molecule has 9 nitrogen and oxygen atoms in total. The highest BCUT2D eigenvalue weighted by atomic mass is 35.5. The Kier molecular flexibility index (Phi) is 8.31. The number of hydrogen-bond acceptors (Lipinski definition) is 7. The second kappa shape index (κ2) is 11.6. The highest BCUT2D eigenvalue weighted by molar-refractivity contribution is 7.90. The first kappa shape index (κ1) is 29.3. The van der Waals surface area contributed by atoms with Gasteiger partial charge in [0.1, 0.15) is 5.75 Å². The second-order valence-electron chi connectivity index (χ2n) is 10.0. The molecule has 0 spiro atoms. The standard InChI is InChI=1S/C29H30Cl2N4O5S/c1-3-40-24-16-22(41(2,38)39)12-13-23(24)29(28(37)35-15-14-32-25(36)17-35)33-26(18-4-8-20(30)9-5-18)27(34-29)19-6-10-21(31)11-7-19/h4-13,16,26-27,33-34H,3,14-15,17H2,1-2H3,(H,32,36). The molecule has 0 saturated carbocycles. The van der Waals surface area contributed by atoms with E-state index in [1.165, 1.54) is 17.0 Å². The normalized spacial score (nSPS) is 22.8. The molecule has 216 valence electrons. The number of carbonyl (C=O) groups excluding carboxylic acids is 2. The first-order valence-electron chi connectivity index (χ1n) is 13.1. The van der Waals surface area contributed by atoms with E-state index in [-0.39, 0.29) is 29.7 Å². The number of hydrogen-bond donors (Lipinski definition) is 3. The number of halogens is 2. The van der Waals surface area contributed by atoms with Crippen molar-refractivity contribution in [2.24, 2.45) is 0 Å². The quantitative estimate of drug-likeness (QED) is 0.371. The zero-order valence-corrected chi connectivity index (χ0v) is 24.8. The Morgan fingerprint density at radius 3 is 2.02 bits per heavy atom. The highest BCUT2D eigenvalue weighted by Crippen LogP contribution is 2.45. The van der Waals surface area contributed by atoms with Gasteiger partial charge >= 0.3 is 0 Å². The summed E-state index contributed by atoms with van der Waals surface area (Å²) in [6, 6.07) is 18.2. The Balaban J connectivity index is 1.72. The van der Waals surface area contributed by atoms with Crippen molar-refractivity contribution in [2.75, 3.05) is 32.5 Å². The van der Waals surface area contributed by atoms with Gasteiger partial charge < -0.3 is 15.0 Å². The van der Waals surface area contributed by atoms with E-state index in [4.69, 9.17) is 27.9 Å². The van der Waals surface area contributed by atoms with Crippen LogP contribution in [0.1, 0.15) is 35.7 Å². The van der Waals surface area contributed by atoms with Crippen molar-refractivity contribution < 1.29 is 22.7 Å². The summed E-state index contributed by atoms with van der Waals surface area (Å²) in [7, 11) is -3.56. The lowest BCUT2D eigenvalue weighted by atomic mass is 9.95. The molecule has 3 N–H and O–H groups in total. The average molecular weight is 618 g/mol. The van der Waals surface area contributed by atoms with Gasteiger partial charge in [-0.2, -0.15) is 0 Å². The molecule has 0 aliphatic carbocycles. The van der Waals surface area contributed by atoms with Crippen LogP contribution in [0.5, 0.6) is 5.75 Å². The highest BCUT2D eigenvalue weighted by Gasteiger charge is 2.54. The lowest BCUT2D eigenvalue weighted by Crippen LogP contribution is -2.62. The summed E-state index contributed by atoms with van der Waals surface area (Å²) >= 11 is 12.4. The van der Waals surface area contributed by atoms with E-state index < -0.39 is 33.5 Å². The van der Waals surface area contributed by atoms with Crippen LogP contribution in [0.4, 0.5) is 0 Å². The number of rotatable bonds is 7. The van der Waals surface area contributed by atoms with Crippen molar-refractivity contribution >= 4 is 44.9 Å². The minimum absolute atomic E-state index is 0.0612. The maximum Gasteiger partial charge on any atom is 0.263 e. The number of sulfone groups is 1. The van der Waals surface area contributed by atoms with Crippen molar-refractivity contribution in [2.45, 2.75) is 29.6 Å². The summed E-state index contributed by atoms with van der Waals surface area (Å²) in [5.41, 5.74) is 0.530. The van der Waals surface area contributed by atoms with Crippen LogP contribution in [-0.4, -0.2) is 57.6 Å². The molecule has 3 aromatic rings. The first-order chi connectivity index (χ1) is 19.5. The average Bonchev–Trinajstić information content (AvgIpc) is 3.35. The van der Waals surface area contributed by atoms with Gasteiger partial charge in [-0.3, -0.25) is 20.2 Å². The van der Waals surface area contributed by atoms with Gasteiger partial charge in [0.05, 0.1) is 30.1 Å². The van der Waals surface area contributed by atoms with Gasteiger partial charge in [0, 0.05) is 35.0 Å². The van der Waals surface area contributed by atoms with E-state index in [2.05, 4.69) is 16.0 Å². The zero-order chi connectivity index (χ0) is 29.4. The maximum atomic E-state index is 14.6. The van der Waals surface area contributed by atoms with Gasteiger partial charge in [-0.1, -0.05) is 53.5 Å². The lowest BCUT2D eigenvalue weighted by molar-refractivity contribution is -0.144. The smallest absolute Gasteiger partial charge is 0.263 e. The number of nitrogens with zero attached hydrogens (tertiary/aromatic N) is 1. The first-order valence-corrected chi connectivity index (χ1v) is 15.8. The predicted octanol–water partition coefficient (Wildman–Crippen LogP) is 3.58. The molecule has 2 amide bonds. The molecule has 2 saturated heterocycles. The molecule has 2 unspecified atom stereocenters. The third kappa shape index (κ3) is 5.93. The predicted molar refractivity (Wildman–Crippen MR) is 157 cm³/mol. The van der Waals surface area contributed by atoms with Gasteiger partial charge in [-0.15, -0.1) is 0 Å². The van der Waals surface area contributed by atoms with Gasteiger partial charge in [0.15, 0.2) is 15.5 Å². The minimum Gasteiger partial charge on any atom is -0.493 e. The van der Waals surface area contributed by atoms with Crippen LogP contribution in [0.3, 0.4) is 0 Å². The molecule has 5 rings (SSSR count). The fourth-order valence-electron chi connectivity index (χ4n) is 5.33. The van der Waals surface area contributed by atoms with E-state index in [0.29, 0.717) is 28.7 Å². The Morgan fingerprint density at radius 2 is 1.54 bits per heavy atom. The van der Waals surface area contributed by atoms with Gasteiger partial charge in [0.25, 0.3) is 5.91 Å². The second-order valence-corrected chi connectivity index (χ2v) is 12.9. The third-order valence-corrected chi connectivity index (χ3v) is 8.88. The molecule has 0 radical (unpaired) electrons. The summed E-state index contributed by atoms with van der Waals surface area (Å²) in [6.45, 7) is 2.51. The van der Waals surface area contributed by atoms with Gasteiger partial charge in [-0.05, 0) is 54.4 Å². The number of ether oxygens (including phenoxy) is 1. The fraction of sp³-hybridized carbons (Fsp3) is 0.310. The maximum absolute atomic E-state index is 14.6. The van der Waals surface area contributed by atoms with Crippen LogP contribution in [0.15, 0.2) is 71.6 Å². The van der Waals surface area contributed by atoms with Crippen LogP contribution < -0.4 is 20.7 Å². The number of benzene rings is 3. The monoisotopic (exact) mass is 616 g/mol. The lowest BCUT2D eigenvalue weighted by Gasteiger charge is -2.37. The van der Waals surface area contributed by atoms with E-state index >= 15 is 0 Å². The van der Waals surface area contributed by atoms with Crippen LogP contribution in [0, 0.1) is 0 Å². The van der Waals surface area contributed by atoms with Gasteiger partial charge in [0.2, 0.25) is 5.91 Å². The third-order valence-electron chi connectivity index (χ3n) is 7.27. The Morgan fingerprint density at radius 1 is 0.976 bits per heavy atom. The fourth-order valence-corrected chi connectivity index (χ4v) is 6.22. The molecule has 2 aliphatic rings.